The number of esters is 1. The van der Waals surface area contributed by atoms with Crippen LogP contribution in [0.3, 0.4) is 0 Å². The van der Waals surface area contributed by atoms with Gasteiger partial charge in [-0.2, -0.15) is 13.2 Å². The second-order valence-corrected chi connectivity index (χ2v) is 6.30. The topological polar surface area (TPSA) is 104 Å². The molecule has 29 heavy (non-hydrogen) atoms. The SMILES string of the molecule is C=CCOC(=O)C1=C(C)Nc2[nH]c(=O)[nH]c(=O)c2[C@H]1c1cccc(C(F)(F)F)c1. The minimum Gasteiger partial charge on any atom is -0.458 e. The number of fused-ring (bicyclic) bond motifs is 1. The summed E-state index contributed by atoms with van der Waals surface area (Å²) in [6, 6.07) is 4.29. The van der Waals surface area contributed by atoms with Crippen molar-refractivity contribution in [3.63, 3.8) is 0 Å². The molecule has 0 amide bonds. The Labute approximate surface area is 161 Å². The predicted molar refractivity (Wildman–Crippen MR) is 98.4 cm³/mol. The van der Waals surface area contributed by atoms with E-state index in [0.29, 0.717) is 0 Å². The van der Waals surface area contributed by atoms with Crippen LogP contribution in [0.15, 0.2) is 57.8 Å². The highest BCUT2D eigenvalue weighted by Crippen LogP contribution is 2.40. The van der Waals surface area contributed by atoms with E-state index >= 15 is 0 Å². The number of anilines is 1. The van der Waals surface area contributed by atoms with Crippen LogP contribution in [0.1, 0.15) is 29.5 Å². The van der Waals surface area contributed by atoms with Gasteiger partial charge in [0.1, 0.15) is 12.4 Å². The highest BCUT2D eigenvalue weighted by atomic mass is 19.4. The molecule has 0 spiro atoms. The summed E-state index contributed by atoms with van der Waals surface area (Å²) in [7, 11) is 0. The Kier molecular flexibility index (Phi) is 5.19. The van der Waals surface area contributed by atoms with Crippen LogP contribution >= 0.6 is 0 Å². The van der Waals surface area contributed by atoms with Crippen LogP contribution < -0.4 is 16.6 Å². The Morgan fingerprint density at radius 1 is 1.28 bits per heavy atom. The number of allylic oxidation sites excluding steroid dienone is 1. The number of benzene rings is 1. The van der Waals surface area contributed by atoms with E-state index in [2.05, 4.69) is 16.9 Å². The average Bonchev–Trinajstić information content (AvgIpc) is 2.64. The molecule has 0 bridgehead atoms. The highest BCUT2D eigenvalue weighted by Gasteiger charge is 2.37. The Morgan fingerprint density at radius 3 is 2.66 bits per heavy atom. The molecule has 0 saturated carbocycles. The molecule has 2 heterocycles. The van der Waals surface area contributed by atoms with Gasteiger partial charge in [0.25, 0.3) is 5.56 Å². The molecule has 0 unspecified atom stereocenters. The molecule has 1 aromatic carbocycles. The van der Waals surface area contributed by atoms with Crippen molar-refractivity contribution in [1.82, 2.24) is 9.97 Å². The van der Waals surface area contributed by atoms with Crippen molar-refractivity contribution in [1.29, 1.82) is 0 Å². The van der Waals surface area contributed by atoms with Crippen molar-refractivity contribution >= 4 is 11.8 Å². The van der Waals surface area contributed by atoms with E-state index in [4.69, 9.17) is 4.74 Å². The van der Waals surface area contributed by atoms with Crippen molar-refractivity contribution < 1.29 is 22.7 Å². The van der Waals surface area contributed by atoms with Gasteiger partial charge in [0, 0.05) is 5.70 Å². The van der Waals surface area contributed by atoms with Crippen LogP contribution in [0.25, 0.3) is 0 Å². The Bertz CT molecular complexity index is 1130. The summed E-state index contributed by atoms with van der Waals surface area (Å²) in [5, 5.41) is 2.75. The van der Waals surface area contributed by atoms with E-state index in [-0.39, 0.29) is 34.8 Å². The number of nitrogens with one attached hydrogen (secondary N) is 3. The summed E-state index contributed by atoms with van der Waals surface area (Å²) in [6.07, 6.45) is -3.28. The summed E-state index contributed by atoms with van der Waals surface area (Å²) >= 11 is 0. The number of aromatic nitrogens is 2. The number of hydrogen-bond acceptors (Lipinski definition) is 5. The first kappa shape index (κ1) is 20.2. The van der Waals surface area contributed by atoms with Crippen molar-refractivity contribution in [2.24, 2.45) is 0 Å². The summed E-state index contributed by atoms with van der Waals surface area (Å²) in [5.74, 6) is -2.01. The zero-order chi connectivity index (χ0) is 21.3. The fourth-order valence-electron chi connectivity index (χ4n) is 3.20. The maximum absolute atomic E-state index is 13.2. The fourth-order valence-corrected chi connectivity index (χ4v) is 3.20. The average molecular weight is 407 g/mol. The number of aromatic amines is 2. The van der Waals surface area contributed by atoms with Crippen molar-refractivity contribution in [3.8, 4) is 0 Å². The highest BCUT2D eigenvalue weighted by molar-refractivity contribution is 5.94. The molecule has 1 aliphatic rings. The van der Waals surface area contributed by atoms with Gasteiger partial charge in [-0.15, -0.1) is 0 Å². The number of hydrogen-bond donors (Lipinski definition) is 3. The Morgan fingerprint density at radius 2 is 2.00 bits per heavy atom. The minimum absolute atomic E-state index is 0.000988. The smallest absolute Gasteiger partial charge is 0.416 e. The van der Waals surface area contributed by atoms with E-state index < -0.39 is 34.9 Å². The first-order valence-electron chi connectivity index (χ1n) is 8.43. The zero-order valence-electron chi connectivity index (χ0n) is 15.1. The largest absolute Gasteiger partial charge is 0.458 e. The molecule has 1 aromatic heterocycles. The van der Waals surface area contributed by atoms with Gasteiger partial charge in [-0.1, -0.05) is 30.9 Å². The fraction of sp³-hybridized carbons (Fsp3) is 0.211. The van der Waals surface area contributed by atoms with Crippen molar-refractivity contribution in [3.05, 3.63) is 85.7 Å². The third-order valence-corrected chi connectivity index (χ3v) is 4.37. The molecule has 3 N–H and O–H groups in total. The molecule has 3 rings (SSSR count). The molecule has 152 valence electrons. The molecular weight excluding hydrogens is 391 g/mol. The van der Waals surface area contributed by atoms with Gasteiger partial charge < -0.3 is 10.1 Å². The third kappa shape index (κ3) is 3.86. The number of carbonyl (C=O) groups is 1. The standard InChI is InChI=1S/C19H16F3N3O4/c1-3-7-29-17(27)12-9(2)23-15-14(16(26)25-18(28)24-15)13(12)10-5-4-6-11(8-10)19(20,21)22/h3-6,8,13H,1,7H2,2H3,(H3,23,24,25,26,28)/t13-/m0/s1. The van der Waals surface area contributed by atoms with Crippen LogP contribution in [0.4, 0.5) is 19.0 Å². The van der Waals surface area contributed by atoms with E-state index in [9.17, 15) is 27.6 Å². The van der Waals surface area contributed by atoms with Crippen LogP contribution in [-0.4, -0.2) is 22.5 Å². The molecule has 1 atom stereocenters. The van der Waals surface area contributed by atoms with Gasteiger partial charge in [0.15, 0.2) is 0 Å². The maximum Gasteiger partial charge on any atom is 0.416 e. The van der Waals surface area contributed by atoms with Gasteiger partial charge in [0.05, 0.1) is 22.6 Å². The predicted octanol–water partition coefficient (Wildman–Crippen LogP) is 2.64. The van der Waals surface area contributed by atoms with Gasteiger partial charge in [-0.25, -0.2) is 9.59 Å². The van der Waals surface area contributed by atoms with E-state index in [1.54, 1.807) is 0 Å². The number of carbonyl (C=O) groups excluding carboxylic acids is 1. The van der Waals surface area contributed by atoms with E-state index in [1.807, 2.05) is 4.98 Å². The number of alkyl halides is 3. The molecule has 0 saturated heterocycles. The molecule has 7 nitrogen and oxygen atoms in total. The molecule has 2 aromatic rings. The van der Waals surface area contributed by atoms with Crippen LogP contribution in [-0.2, 0) is 15.7 Å². The summed E-state index contributed by atoms with van der Waals surface area (Å²) in [5.41, 5.74) is -2.43. The maximum atomic E-state index is 13.2. The quantitative estimate of drug-likeness (QED) is 0.534. The third-order valence-electron chi connectivity index (χ3n) is 4.37. The normalized spacial score (nSPS) is 16.1. The minimum atomic E-state index is -4.62. The van der Waals surface area contributed by atoms with E-state index in [1.165, 1.54) is 25.1 Å². The Balaban J connectivity index is 2.27. The van der Waals surface area contributed by atoms with Crippen LogP contribution in [0.2, 0.25) is 0 Å². The molecule has 1 aliphatic heterocycles. The van der Waals surface area contributed by atoms with Crippen LogP contribution in [0, 0.1) is 0 Å². The van der Waals surface area contributed by atoms with Gasteiger partial charge in [-0.05, 0) is 18.6 Å². The monoisotopic (exact) mass is 407 g/mol. The van der Waals surface area contributed by atoms with Crippen LogP contribution in [0.5, 0.6) is 0 Å². The summed E-state index contributed by atoms with van der Waals surface area (Å²) in [4.78, 5) is 41.2. The number of halogens is 3. The van der Waals surface area contributed by atoms with Gasteiger partial charge in [0.2, 0.25) is 0 Å². The zero-order valence-corrected chi connectivity index (χ0v) is 15.1. The second-order valence-electron chi connectivity index (χ2n) is 6.30. The number of ether oxygens (including phenoxy) is 1. The molecule has 0 radical (unpaired) electrons. The van der Waals surface area contributed by atoms with Crippen molar-refractivity contribution in [2.45, 2.75) is 19.0 Å². The molecular formula is C19H16F3N3O4. The second kappa shape index (κ2) is 7.46. The first-order chi connectivity index (χ1) is 13.6. The lowest BCUT2D eigenvalue weighted by Gasteiger charge is -2.29. The van der Waals surface area contributed by atoms with Crippen molar-refractivity contribution in [2.75, 3.05) is 11.9 Å². The van der Waals surface area contributed by atoms with Gasteiger partial charge in [-0.3, -0.25) is 14.8 Å². The number of H-pyrrole nitrogens is 2. The lowest BCUT2D eigenvalue weighted by molar-refractivity contribution is -0.138. The summed E-state index contributed by atoms with van der Waals surface area (Å²) in [6.45, 7) is 4.81. The lowest BCUT2D eigenvalue weighted by atomic mass is 9.82. The molecule has 10 heteroatoms. The number of rotatable bonds is 4. The lowest BCUT2D eigenvalue weighted by Crippen LogP contribution is -2.35. The van der Waals surface area contributed by atoms with E-state index in [0.717, 1.165) is 12.1 Å². The Hall–Kier alpha value is -3.56. The molecule has 0 fully saturated rings. The molecule has 0 aliphatic carbocycles. The summed E-state index contributed by atoms with van der Waals surface area (Å²) < 4.78 is 44.7. The van der Waals surface area contributed by atoms with Gasteiger partial charge >= 0.3 is 17.8 Å². The first-order valence-corrected chi connectivity index (χ1v) is 8.43.